The number of halogens is 4. The van der Waals surface area contributed by atoms with Crippen molar-refractivity contribution < 1.29 is 26.8 Å². The van der Waals surface area contributed by atoms with Gasteiger partial charge in [0.05, 0.1) is 24.6 Å². The summed E-state index contributed by atoms with van der Waals surface area (Å²) in [5, 5.41) is -0.249. The molecule has 0 atom stereocenters. The molecule has 4 nitrogen and oxygen atoms in total. The molecule has 8 heteroatoms. The van der Waals surface area contributed by atoms with Gasteiger partial charge >= 0.3 is 6.18 Å². The van der Waals surface area contributed by atoms with E-state index in [-0.39, 0.29) is 23.1 Å². The highest BCUT2D eigenvalue weighted by molar-refractivity contribution is 6.32. The Bertz CT molecular complexity index is 577. The van der Waals surface area contributed by atoms with E-state index in [1.54, 1.807) is 0 Å². The molecule has 2 rings (SSSR count). The molecule has 0 saturated carbocycles. The molecule has 0 bridgehead atoms. The Morgan fingerprint density at radius 3 is 2.50 bits per heavy atom. The van der Waals surface area contributed by atoms with E-state index in [1.165, 1.54) is 24.5 Å². The fourth-order valence-electron chi connectivity index (χ4n) is 1.62. The molecule has 0 aliphatic heterocycles. The summed E-state index contributed by atoms with van der Waals surface area (Å²) in [4.78, 5) is 12.7. The monoisotopic (exact) mass is 307 g/mol. The third kappa shape index (κ3) is 3.57. The Morgan fingerprint density at radius 1 is 1.25 bits per heavy atom. The normalized spacial score (nSPS) is 11.6. The summed E-state index contributed by atoms with van der Waals surface area (Å²) in [7, 11) is 0. The summed E-state index contributed by atoms with van der Waals surface area (Å²) in [5.74, 6) is -0.639. The van der Waals surface area contributed by atoms with Crippen molar-refractivity contribution in [2.45, 2.75) is 12.7 Å². The van der Waals surface area contributed by atoms with Crippen LogP contribution in [-0.2, 0) is 6.54 Å². The number of carbonyl (C=O) groups excluding carboxylic acids is 1. The standard InChI is InChI=1S/C12H9ClF3NO3/c13-10-9(3-5-20-10)11(18)17(7-12(14,15)16)6-8-2-1-4-19-8/h1-5H,6-7H2. The fourth-order valence-corrected chi connectivity index (χ4v) is 1.82. The van der Waals surface area contributed by atoms with Crippen molar-refractivity contribution >= 4 is 17.5 Å². The van der Waals surface area contributed by atoms with Crippen LogP contribution in [0.3, 0.4) is 0 Å². The van der Waals surface area contributed by atoms with Crippen LogP contribution < -0.4 is 0 Å². The third-order valence-corrected chi connectivity index (χ3v) is 2.73. The number of amides is 1. The van der Waals surface area contributed by atoms with Gasteiger partial charge in [-0.15, -0.1) is 0 Å². The first-order valence-corrected chi connectivity index (χ1v) is 5.86. The van der Waals surface area contributed by atoms with Crippen molar-refractivity contribution in [3.8, 4) is 0 Å². The van der Waals surface area contributed by atoms with Crippen LogP contribution in [0.25, 0.3) is 0 Å². The molecule has 0 N–H and O–H groups in total. The highest BCUT2D eigenvalue weighted by Crippen LogP contribution is 2.23. The first-order chi connectivity index (χ1) is 9.37. The van der Waals surface area contributed by atoms with E-state index in [0.717, 1.165) is 6.26 Å². The molecule has 0 aliphatic carbocycles. The van der Waals surface area contributed by atoms with Crippen LogP contribution in [0.15, 0.2) is 39.6 Å². The van der Waals surface area contributed by atoms with Crippen LogP contribution in [0.1, 0.15) is 16.1 Å². The summed E-state index contributed by atoms with van der Waals surface area (Å²) < 4.78 is 47.3. The second-order valence-corrected chi connectivity index (χ2v) is 4.31. The smallest absolute Gasteiger partial charge is 0.406 e. The fraction of sp³-hybridized carbons (Fsp3) is 0.250. The van der Waals surface area contributed by atoms with Crippen molar-refractivity contribution in [2.75, 3.05) is 6.54 Å². The zero-order chi connectivity index (χ0) is 14.8. The van der Waals surface area contributed by atoms with Crippen LogP contribution in [0.5, 0.6) is 0 Å². The van der Waals surface area contributed by atoms with Crippen LogP contribution in [0.4, 0.5) is 13.2 Å². The molecule has 0 aromatic carbocycles. The lowest BCUT2D eigenvalue weighted by atomic mass is 10.2. The van der Waals surface area contributed by atoms with Gasteiger partial charge in [0.1, 0.15) is 12.3 Å². The second-order valence-electron chi connectivity index (χ2n) is 3.96. The van der Waals surface area contributed by atoms with Gasteiger partial charge in [-0.25, -0.2) is 0 Å². The van der Waals surface area contributed by atoms with Gasteiger partial charge in [0.2, 0.25) is 5.22 Å². The first-order valence-electron chi connectivity index (χ1n) is 5.48. The number of hydrogen-bond acceptors (Lipinski definition) is 3. The summed E-state index contributed by atoms with van der Waals surface area (Å²) in [6, 6.07) is 4.22. The lowest BCUT2D eigenvalue weighted by Crippen LogP contribution is -2.38. The number of alkyl halides is 3. The summed E-state index contributed by atoms with van der Waals surface area (Å²) >= 11 is 5.61. The maximum absolute atomic E-state index is 12.6. The topological polar surface area (TPSA) is 46.6 Å². The molecule has 1 amide bonds. The van der Waals surface area contributed by atoms with Crippen molar-refractivity contribution in [3.63, 3.8) is 0 Å². The Labute approximate surface area is 116 Å². The van der Waals surface area contributed by atoms with E-state index in [9.17, 15) is 18.0 Å². The van der Waals surface area contributed by atoms with E-state index >= 15 is 0 Å². The van der Waals surface area contributed by atoms with Gasteiger partial charge < -0.3 is 13.7 Å². The number of rotatable bonds is 4. The number of carbonyl (C=O) groups is 1. The maximum atomic E-state index is 12.6. The van der Waals surface area contributed by atoms with E-state index in [2.05, 4.69) is 0 Å². The van der Waals surface area contributed by atoms with E-state index in [0.29, 0.717) is 4.90 Å². The van der Waals surface area contributed by atoms with Crippen LogP contribution in [0.2, 0.25) is 5.22 Å². The number of furan rings is 2. The molecule has 0 unspecified atom stereocenters. The molecule has 0 radical (unpaired) electrons. The van der Waals surface area contributed by atoms with Gasteiger partial charge in [-0.1, -0.05) is 0 Å². The molecular formula is C12H9ClF3NO3. The minimum Gasteiger partial charge on any atom is -0.467 e. The van der Waals surface area contributed by atoms with Gasteiger partial charge in [-0.2, -0.15) is 13.2 Å². The van der Waals surface area contributed by atoms with Crippen molar-refractivity contribution in [3.05, 3.63) is 47.3 Å². The minimum atomic E-state index is -4.53. The lowest BCUT2D eigenvalue weighted by molar-refractivity contribution is -0.142. The van der Waals surface area contributed by atoms with Gasteiger partial charge in [0, 0.05) is 0 Å². The largest absolute Gasteiger partial charge is 0.467 e. The average molecular weight is 308 g/mol. The van der Waals surface area contributed by atoms with E-state index in [4.69, 9.17) is 20.4 Å². The Balaban J connectivity index is 2.22. The number of hydrogen-bond donors (Lipinski definition) is 0. The lowest BCUT2D eigenvalue weighted by Gasteiger charge is -2.22. The van der Waals surface area contributed by atoms with E-state index < -0.39 is 18.6 Å². The van der Waals surface area contributed by atoms with Crippen LogP contribution in [0, 0.1) is 0 Å². The van der Waals surface area contributed by atoms with Gasteiger partial charge in [0.15, 0.2) is 0 Å². The second kappa shape index (κ2) is 5.62. The van der Waals surface area contributed by atoms with Crippen LogP contribution >= 0.6 is 11.6 Å². The molecule has 0 aliphatic rings. The average Bonchev–Trinajstić information content (AvgIpc) is 2.97. The predicted molar refractivity (Wildman–Crippen MR) is 63.2 cm³/mol. The zero-order valence-corrected chi connectivity index (χ0v) is 10.7. The molecule has 108 valence electrons. The third-order valence-electron chi connectivity index (χ3n) is 2.43. The highest BCUT2D eigenvalue weighted by atomic mass is 35.5. The van der Waals surface area contributed by atoms with Crippen molar-refractivity contribution in [1.82, 2.24) is 4.90 Å². The zero-order valence-electron chi connectivity index (χ0n) is 9.98. The molecule has 0 fully saturated rings. The van der Waals surface area contributed by atoms with Gasteiger partial charge in [-0.3, -0.25) is 4.79 Å². The molecule has 0 saturated heterocycles. The summed E-state index contributed by atoms with van der Waals surface area (Å²) in [5.41, 5.74) is -0.123. The molecule has 2 aromatic rings. The Kier molecular flexibility index (Phi) is 4.08. The van der Waals surface area contributed by atoms with E-state index in [1.807, 2.05) is 0 Å². The predicted octanol–water partition coefficient (Wildman–Crippen LogP) is 3.73. The highest BCUT2D eigenvalue weighted by Gasteiger charge is 2.34. The van der Waals surface area contributed by atoms with Crippen molar-refractivity contribution in [1.29, 1.82) is 0 Å². The minimum absolute atomic E-state index is 0.123. The quantitative estimate of drug-likeness (QED) is 0.864. The van der Waals surface area contributed by atoms with Crippen LogP contribution in [-0.4, -0.2) is 23.5 Å². The SMILES string of the molecule is O=C(c1ccoc1Cl)N(Cc1ccco1)CC(F)(F)F. The summed E-state index contributed by atoms with van der Waals surface area (Å²) in [6.07, 6.45) is -2.08. The molecule has 2 heterocycles. The molecule has 2 aromatic heterocycles. The summed E-state index contributed by atoms with van der Waals surface area (Å²) in [6.45, 7) is -1.72. The Morgan fingerprint density at radius 2 is 2.00 bits per heavy atom. The van der Waals surface area contributed by atoms with Gasteiger partial charge in [0.25, 0.3) is 5.91 Å². The van der Waals surface area contributed by atoms with Gasteiger partial charge in [-0.05, 0) is 29.8 Å². The maximum Gasteiger partial charge on any atom is 0.406 e. The molecule has 20 heavy (non-hydrogen) atoms. The number of nitrogens with zero attached hydrogens (tertiary/aromatic N) is 1. The molecule has 0 spiro atoms. The van der Waals surface area contributed by atoms with Crippen molar-refractivity contribution in [2.24, 2.45) is 0 Å². The first kappa shape index (κ1) is 14.5. The molecular weight excluding hydrogens is 299 g/mol. The Hall–Kier alpha value is -1.89.